The third kappa shape index (κ3) is 3.51. The fraction of sp³-hybridized carbons (Fsp3) is 0.263. The highest BCUT2D eigenvalue weighted by atomic mass is 16.5. The standard InChI is InChI=1S/C19H18N4O6/c1-28-11-3-4-13-14(7-11)21-17(23-6-2-5-20-23)9-16(13)29-12-8-15(18(24)25)22(10-12)19(26)27/h2-7,9,12,15H,8,10H2,1H3,(H,24,25)(H,26,27)/t12-,15+/m1/s1. The van der Waals surface area contributed by atoms with Gasteiger partial charge in [-0.2, -0.15) is 5.10 Å². The molecule has 29 heavy (non-hydrogen) atoms. The lowest BCUT2D eigenvalue weighted by atomic mass is 10.1. The van der Waals surface area contributed by atoms with E-state index in [0.29, 0.717) is 28.2 Å². The fourth-order valence-corrected chi connectivity index (χ4v) is 3.42. The summed E-state index contributed by atoms with van der Waals surface area (Å²) < 4.78 is 12.9. The minimum absolute atomic E-state index is 0.0383. The first-order chi connectivity index (χ1) is 14.0. The topological polar surface area (TPSA) is 127 Å². The molecule has 0 radical (unpaired) electrons. The van der Waals surface area contributed by atoms with Crippen LogP contribution in [0.3, 0.4) is 0 Å². The third-order valence-electron chi connectivity index (χ3n) is 4.79. The van der Waals surface area contributed by atoms with Gasteiger partial charge in [-0.15, -0.1) is 0 Å². The SMILES string of the molecule is COc1ccc2c(O[C@@H]3C[C@@H](C(=O)O)N(C(=O)O)C3)cc(-n3cccn3)nc2c1. The molecule has 1 aliphatic heterocycles. The highest BCUT2D eigenvalue weighted by Gasteiger charge is 2.41. The van der Waals surface area contributed by atoms with Crippen LogP contribution >= 0.6 is 0 Å². The molecule has 10 heteroatoms. The van der Waals surface area contributed by atoms with Gasteiger partial charge in [-0.3, -0.25) is 4.90 Å². The minimum Gasteiger partial charge on any atom is -0.497 e. The largest absolute Gasteiger partial charge is 0.497 e. The molecule has 0 aliphatic carbocycles. The van der Waals surface area contributed by atoms with E-state index in [1.807, 2.05) is 0 Å². The van der Waals surface area contributed by atoms with Crippen LogP contribution < -0.4 is 9.47 Å². The van der Waals surface area contributed by atoms with E-state index >= 15 is 0 Å². The number of likely N-dealkylation sites (tertiary alicyclic amines) is 1. The van der Waals surface area contributed by atoms with Crippen molar-refractivity contribution in [3.05, 3.63) is 42.7 Å². The number of hydrogen-bond acceptors (Lipinski definition) is 6. The molecule has 1 aliphatic rings. The minimum atomic E-state index is -1.29. The molecule has 150 valence electrons. The van der Waals surface area contributed by atoms with Gasteiger partial charge in [0.25, 0.3) is 0 Å². The summed E-state index contributed by atoms with van der Waals surface area (Å²) >= 11 is 0. The van der Waals surface area contributed by atoms with E-state index in [2.05, 4.69) is 10.1 Å². The van der Waals surface area contributed by atoms with Gasteiger partial charge in [-0.05, 0) is 18.2 Å². The second-order valence-electron chi connectivity index (χ2n) is 6.58. The molecule has 0 unspecified atom stereocenters. The summed E-state index contributed by atoms with van der Waals surface area (Å²) in [6.07, 6.45) is 1.52. The van der Waals surface area contributed by atoms with E-state index in [-0.39, 0.29) is 13.0 Å². The maximum Gasteiger partial charge on any atom is 0.408 e. The first-order valence-corrected chi connectivity index (χ1v) is 8.84. The van der Waals surface area contributed by atoms with Crippen molar-refractivity contribution >= 4 is 23.0 Å². The maximum atomic E-state index is 11.4. The molecule has 2 atom stereocenters. The van der Waals surface area contributed by atoms with Crippen molar-refractivity contribution in [2.75, 3.05) is 13.7 Å². The monoisotopic (exact) mass is 398 g/mol. The molecule has 3 heterocycles. The Morgan fingerprint density at radius 1 is 1.24 bits per heavy atom. The Bertz CT molecular complexity index is 1050. The lowest BCUT2D eigenvalue weighted by Crippen LogP contribution is -2.39. The summed E-state index contributed by atoms with van der Waals surface area (Å²) in [7, 11) is 1.56. The molecule has 3 aromatic rings. The first-order valence-electron chi connectivity index (χ1n) is 8.84. The van der Waals surface area contributed by atoms with Crippen LogP contribution in [0.1, 0.15) is 6.42 Å². The number of ether oxygens (including phenoxy) is 2. The zero-order valence-corrected chi connectivity index (χ0v) is 15.4. The molecule has 4 rings (SSSR count). The van der Waals surface area contributed by atoms with Crippen molar-refractivity contribution in [3.8, 4) is 17.3 Å². The predicted octanol–water partition coefficient (Wildman–Crippen LogP) is 2.01. The van der Waals surface area contributed by atoms with Gasteiger partial charge in [-0.25, -0.2) is 19.3 Å². The van der Waals surface area contributed by atoms with Crippen LogP contribution in [0.4, 0.5) is 4.79 Å². The summed E-state index contributed by atoms with van der Waals surface area (Å²) in [6, 6.07) is 7.63. The van der Waals surface area contributed by atoms with Gasteiger partial charge in [-0.1, -0.05) is 0 Å². The summed E-state index contributed by atoms with van der Waals surface area (Å²) in [5, 5.41) is 23.5. The van der Waals surface area contributed by atoms with Gasteiger partial charge in [0.05, 0.1) is 19.2 Å². The maximum absolute atomic E-state index is 11.4. The normalized spacial score (nSPS) is 18.7. The summed E-state index contributed by atoms with van der Waals surface area (Å²) in [4.78, 5) is 28.3. The zero-order valence-electron chi connectivity index (χ0n) is 15.4. The molecule has 2 N–H and O–H groups in total. The average molecular weight is 398 g/mol. The number of rotatable bonds is 5. The molecule has 1 aromatic carbocycles. The molecule has 10 nitrogen and oxygen atoms in total. The highest BCUT2D eigenvalue weighted by molar-refractivity contribution is 5.87. The predicted molar refractivity (Wildman–Crippen MR) is 101 cm³/mol. The van der Waals surface area contributed by atoms with E-state index < -0.39 is 24.2 Å². The number of benzene rings is 1. The average Bonchev–Trinajstić information content (AvgIpc) is 3.37. The number of carboxylic acids is 1. The molecule has 0 saturated carbocycles. The number of pyridine rings is 1. The Hall–Kier alpha value is -3.82. The van der Waals surface area contributed by atoms with E-state index in [1.165, 1.54) is 0 Å². The lowest BCUT2D eigenvalue weighted by Gasteiger charge is -2.17. The van der Waals surface area contributed by atoms with Crippen LogP contribution in [0.5, 0.6) is 11.5 Å². The number of fused-ring (bicyclic) bond motifs is 1. The quantitative estimate of drug-likeness (QED) is 0.668. The Balaban J connectivity index is 1.73. The van der Waals surface area contributed by atoms with Gasteiger partial charge in [0.2, 0.25) is 0 Å². The number of aromatic nitrogens is 3. The molecule has 1 fully saturated rings. The van der Waals surface area contributed by atoms with Crippen LogP contribution in [0.15, 0.2) is 42.7 Å². The van der Waals surface area contributed by atoms with Crippen molar-refractivity contribution in [3.63, 3.8) is 0 Å². The van der Waals surface area contributed by atoms with Crippen LogP contribution in [0.25, 0.3) is 16.7 Å². The number of amides is 1. The molecule has 0 spiro atoms. The number of carbonyl (C=O) groups is 2. The Labute approximate surface area is 164 Å². The second kappa shape index (κ2) is 7.30. The number of carboxylic acid groups (broad SMARTS) is 2. The third-order valence-corrected chi connectivity index (χ3v) is 4.79. The van der Waals surface area contributed by atoms with Crippen LogP contribution in [0.2, 0.25) is 0 Å². The smallest absolute Gasteiger partial charge is 0.408 e. The van der Waals surface area contributed by atoms with Crippen molar-refractivity contribution in [2.24, 2.45) is 0 Å². The van der Waals surface area contributed by atoms with Gasteiger partial charge >= 0.3 is 12.1 Å². The fourth-order valence-electron chi connectivity index (χ4n) is 3.42. The lowest BCUT2D eigenvalue weighted by molar-refractivity contribution is -0.141. The number of hydrogen-bond donors (Lipinski definition) is 2. The Morgan fingerprint density at radius 2 is 2.07 bits per heavy atom. The van der Waals surface area contributed by atoms with E-state index in [4.69, 9.17) is 9.47 Å². The molecule has 2 aromatic heterocycles. The van der Waals surface area contributed by atoms with Gasteiger partial charge in [0.15, 0.2) is 5.82 Å². The second-order valence-corrected chi connectivity index (χ2v) is 6.58. The van der Waals surface area contributed by atoms with Crippen molar-refractivity contribution in [1.82, 2.24) is 19.7 Å². The number of nitrogens with zero attached hydrogens (tertiary/aromatic N) is 4. The molecular formula is C19H18N4O6. The molecule has 1 saturated heterocycles. The summed E-state index contributed by atoms with van der Waals surface area (Å²) in [5.41, 5.74) is 0.607. The van der Waals surface area contributed by atoms with Crippen molar-refractivity contribution in [2.45, 2.75) is 18.6 Å². The molecule has 0 bridgehead atoms. The summed E-state index contributed by atoms with van der Waals surface area (Å²) in [5.74, 6) is 0.399. The van der Waals surface area contributed by atoms with Crippen LogP contribution in [-0.4, -0.2) is 67.7 Å². The summed E-state index contributed by atoms with van der Waals surface area (Å²) in [6.45, 7) is -0.0383. The van der Waals surface area contributed by atoms with E-state index in [1.54, 1.807) is 54.5 Å². The van der Waals surface area contributed by atoms with Gasteiger partial charge < -0.3 is 19.7 Å². The van der Waals surface area contributed by atoms with Crippen LogP contribution in [-0.2, 0) is 4.79 Å². The number of aliphatic carboxylic acids is 1. The highest BCUT2D eigenvalue weighted by Crippen LogP contribution is 2.32. The Kier molecular flexibility index (Phi) is 4.67. The van der Waals surface area contributed by atoms with Gasteiger partial charge in [0.1, 0.15) is 23.6 Å². The Morgan fingerprint density at radius 3 is 2.69 bits per heavy atom. The van der Waals surface area contributed by atoms with Crippen molar-refractivity contribution < 1.29 is 29.3 Å². The van der Waals surface area contributed by atoms with Gasteiger partial charge in [0, 0.05) is 36.3 Å². The van der Waals surface area contributed by atoms with E-state index in [9.17, 15) is 19.8 Å². The molecule has 1 amide bonds. The first kappa shape index (κ1) is 18.5. The zero-order chi connectivity index (χ0) is 20.5. The van der Waals surface area contributed by atoms with Crippen molar-refractivity contribution in [1.29, 1.82) is 0 Å². The van der Waals surface area contributed by atoms with E-state index in [0.717, 1.165) is 4.90 Å². The van der Waals surface area contributed by atoms with Crippen LogP contribution in [0, 0.1) is 0 Å². The number of methoxy groups -OCH3 is 1. The molecular weight excluding hydrogens is 380 g/mol.